The molecule has 9 heteroatoms. The monoisotopic (exact) mass is 399 g/mol. The molecule has 29 heavy (non-hydrogen) atoms. The molecule has 1 saturated heterocycles. The standard InChI is InChI=1S/C20H18FN3O5/c21-13-6-8-14(9-7-13)22-19(27)17(12-4-2-1-3-5-12)29-16(25)11-10-15-18(26)24-20(28)23-15/h1-9,15,17H,10-11H2,(H,22,27)(H2,23,24,26,28)/t15-,17-/m1/s1. The number of hydrogen-bond acceptors (Lipinski definition) is 5. The first kappa shape index (κ1) is 20.0. The Bertz CT molecular complexity index is 917. The molecule has 1 heterocycles. The summed E-state index contributed by atoms with van der Waals surface area (Å²) in [7, 11) is 0. The molecular weight excluding hydrogens is 381 g/mol. The number of esters is 1. The number of urea groups is 1. The molecule has 0 saturated carbocycles. The average molecular weight is 399 g/mol. The van der Waals surface area contributed by atoms with Gasteiger partial charge in [-0.1, -0.05) is 30.3 Å². The van der Waals surface area contributed by atoms with Gasteiger partial charge in [-0.2, -0.15) is 0 Å². The van der Waals surface area contributed by atoms with Gasteiger partial charge < -0.3 is 15.4 Å². The number of benzene rings is 2. The minimum atomic E-state index is -1.24. The smallest absolute Gasteiger partial charge is 0.322 e. The number of carbonyl (C=O) groups excluding carboxylic acids is 4. The van der Waals surface area contributed by atoms with Crippen LogP contribution in [0.3, 0.4) is 0 Å². The van der Waals surface area contributed by atoms with E-state index < -0.39 is 41.8 Å². The van der Waals surface area contributed by atoms with Crippen molar-refractivity contribution in [1.82, 2.24) is 10.6 Å². The highest BCUT2D eigenvalue weighted by Gasteiger charge is 2.31. The van der Waals surface area contributed by atoms with E-state index in [0.29, 0.717) is 11.3 Å². The summed E-state index contributed by atoms with van der Waals surface area (Å²) in [5, 5.41) is 7.04. The zero-order chi connectivity index (χ0) is 20.8. The van der Waals surface area contributed by atoms with Crippen LogP contribution >= 0.6 is 0 Å². The Morgan fingerprint density at radius 2 is 1.76 bits per heavy atom. The highest BCUT2D eigenvalue weighted by molar-refractivity contribution is 6.04. The number of imide groups is 1. The summed E-state index contributed by atoms with van der Waals surface area (Å²) in [5.41, 5.74) is 0.797. The fourth-order valence-electron chi connectivity index (χ4n) is 2.76. The molecule has 3 N–H and O–H groups in total. The van der Waals surface area contributed by atoms with Crippen molar-refractivity contribution in [2.45, 2.75) is 25.0 Å². The molecule has 8 nitrogen and oxygen atoms in total. The second kappa shape index (κ2) is 8.96. The van der Waals surface area contributed by atoms with Gasteiger partial charge in [0.2, 0.25) is 6.10 Å². The summed E-state index contributed by atoms with van der Waals surface area (Å²) in [6, 6.07) is 12.1. The van der Waals surface area contributed by atoms with E-state index in [4.69, 9.17) is 4.74 Å². The fourth-order valence-corrected chi connectivity index (χ4v) is 2.76. The SMILES string of the molecule is O=C1NC(=O)[C@@H](CCC(=O)O[C@@H](C(=O)Nc2ccc(F)cc2)c2ccccc2)N1. The topological polar surface area (TPSA) is 114 Å². The summed E-state index contributed by atoms with van der Waals surface area (Å²) in [6.07, 6.45) is -1.37. The molecule has 2 atom stereocenters. The predicted molar refractivity (Wildman–Crippen MR) is 100 cm³/mol. The lowest BCUT2D eigenvalue weighted by atomic mass is 10.1. The van der Waals surface area contributed by atoms with Gasteiger partial charge in [-0.25, -0.2) is 9.18 Å². The third kappa shape index (κ3) is 5.38. The molecule has 0 unspecified atom stereocenters. The molecule has 150 valence electrons. The molecule has 2 aromatic rings. The molecular formula is C20H18FN3O5. The lowest BCUT2D eigenvalue weighted by molar-refractivity contribution is -0.155. The summed E-state index contributed by atoms with van der Waals surface area (Å²) in [5.74, 6) is -2.28. The van der Waals surface area contributed by atoms with Crippen molar-refractivity contribution in [3.63, 3.8) is 0 Å². The van der Waals surface area contributed by atoms with E-state index in [2.05, 4.69) is 16.0 Å². The van der Waals surface area contributed by atoms with Gasteiger partial charge in [0, 0.05) is 17.7 Å². The summed E-state index contributed by atoms with van der Waals surface area (Å²) in [4.78, 5) is 47.6. The van der Waals surface area contributed by atoms with Crippen LogP contribution in [0.25, 0.3) is 0 Å². The minimum Gasteiger partial charge on any atom is -0.447 e. The Labute approximate surface area is 165 Å². The van der Waals surface area contributed by atoms with Gasteiger partial charge in [0.05, 0.1) is 0 Å². The van der Waals surface area contributed by atoms with E-state index in [1.165, 1.54) is 24.3 Å². The molecule has 2 aromatic carbocycles. The first-order chi connectivity index (χ1) is 13.9. The van der Waals surface area contributed by atoms with Gasteiger partial charge in [0.15, 0.2) is 0 Å². The van der Waals surface area contributed by atoms with Crippen molar-refractivity contribution >= 4 is 29.5 Å². The third-order valence-electron chi connectivity index (χ3n) is 4.20. The highest BCUT2D eigenvalue weighted by Crippen LogP contribution is 2.21. The second-order valence-corrected chi connectivity index (χ2v) is 6.33. The van der Waals surface area contributed by atoms with Gasteiger partial charge in [0.1, 0.15) is 11.9 Å². The van der Waals surface area contributed by atoms with Crippen LogP contribution in [-0.2, 0) is 19.1 Å². The fraction of sp³-hybridized carbons (Fsp3) is 0.200. The molecule has 0 radical (unpaired) electrons. The normalized spacial score (nSPS) is 16.5. The largest absolute Gasteiger partial charge is 0.447 e. The third-order valence-corrected chi connectivity index (χ3v) is 4.20. The van der Waals surface area contributed by atoms with Crippen molar-refractivity contribution in [1.29, 1.82) is 0 Å². The summed E-state index contributed by atoms with van der Waals surface area (Å²) < 4.78 is 18.4. The Morgan fingerprint density at radius 3 is 2.38 bits per heavy atom. The Hall–Kier alpha value is -3.75. The van der Waals surface area contributed by atoms with E-state index in [9.17, 15) is 23.6 Å². The molecule has 4 amide bonds. The van der Waals surface area contributed by atoms with Crippen LogP contribution in [0, 0.1) is 5.82 Å². The number of amides is 4. The maximum absolute atomic E-state index is 13.0. The molecule has 0 bridgehead atoms. The summed E-state index contributed by atoms with van der Waals surface area (Å²) in [6.45, 7) is 0. The zero-order valence-corrected chi connectivity index (χ0v) is 15.2. The quantitative estimate of drug-likeness (QED) is 0.487. The van der Waals surface area contributed by atoms with Crippen LogP contribution in [0.2, 0.25) is 0 Å². The molecule has 3 rings (SSSR count). The Balaban J connectivity index is 1.66. The van der Waals surface area contributed by atoms with Gasteiger partial charge in [-0.05, 0) is 30.7 Å². The molecule has 1 aliphatic heterocycles. The molecule has 1 fully saturated rings. The molecule has 1 aliphatic rings. The van der Waals surface area contributed by atoms with Crippen molar-refractivity contribution < 1.29 is 28.3 Å². The number of rotatable bonds is 7. The van der Waals surface area contributed by atoms with Gasteiger partial charge >= 0.3 is 12.0 Å². The number of carbonyl (C=O) groups is 4. The number of ether oxygens (including phenoxy) is 1. The maximum Gasteiger partial charge on any atom is 0.322 e. The lowest BCUT2D eigenvalue weighted by Crippen LogP contribution is -2.30. The van der Waals surface area contributed by atoms with Crippen LogP contribution in [0.4, 0.5) is 14.9 Å². The number of nitrogens with one attached hydrogen (secondary N) is 3. The molecule has 0 aromatic heterocycles. The van der Waals surface area contributed by atoms with Gasteiger partial charge in [-0.3, -0.25) is 19.7 Å². The summed E-state index contributed by atoms with van der Waals surface area (Å²) >= 11 is 0. The predicted octanol–water partition coefficient (Wildman–Crippen LogP) is 2.04. The van der Waals surface area contributed by atoms with Crippen LogP contribution in [0.1, 0.15) is 24.5 Å². The van der Waals surface area contributed by atoms with E-state index in [1.54, 1.807) is 30.3 Å². The van der Waals surface area contributed by atoms with Crippen LogP contribution in [-0.4, -0.2) is 29.9 Å². The Kier molecular flexibility index (Phi) is 6.18. The van der Waals surface area contributed by atoms with Gasteiger partial charge in [-0.15, -0.1) is 0 Å². The van der Waals surface area contributed by atoms with Crippen molar-refractivity contribution in [2.75, 3.05) is 5.32 Å². The zero-order valence-electron chi connectivity index (χ0n) is 15.2. The Morgan fingerprint density at radius 1 is 1.07 bits per heavy atom. The van der Waals surface area contributed by atoms with E-state index in [0.717, 1.165) is 0 Å². The maximum atomic E-state index is 13.0. The first-order valence-electron chi connectivity index (χ1n) is 8.84. The van der Waals surface area contributed by atoms with Crippen molar-refractivity contribution in [3.8, 4) is 0 Å². The van der Waals surface area contributed by atoms with E-state index in [1.807, 2.05) is 0 Å². The second-order valence-electron chi connectivity index (χ2n) is 6.33. The van der Waals surface area contributed by atoms with Crippen LogP contribution < -0.4 is 16.0 Å². The molecule has 0 spiro atoms. The molecule has 0 aliphatic carbocycles. The lowest BCUT2D eigenvalue weighted by Gasteiger charge is -2.18. The number of hydrogen-bond donors (Lipinski definition) is 3. The van der Waals surface area contributed by atoms with E-state index in [-0.39, 0.29) is 12.8 Å². The number of halogens is 1. The number of anilines is 1. The van der Waals surface area contributed by atoms with Gasteiger partial charge in [0.25, 0.3) is 11.8 Å². The van der Waals surface area contributed by atoms with Crippen molar-refractivity contribution in [2.24, 2.45) is 0 Å². The van der Waals surface area contributed by atoms with Crippen molar-refractivity contribution in [3.05, 3.63) is 66.0 Å². The first-order valence-corrected chi connectivity index (χ1v) is 8.84. The van der Waals surface area contributed by atoms with Crippen LogP contribution in [0.15, 0.2) is 54.6 Å². The average Bonchev–Trinajstić information content (AvgIpc) is 3.04. The minimum absolute atomic E-state index is 0.0392. The highest BCUT2D eigenvalue weighted by atomic mass is 19.1. The van der Waals surface area contributed by atoms with E-state index >= 15 is 0 Å². The van der Waals surface area contributed by atoms with Crippen LogP contribution in [0.5, 0.6) is 0 Å².